The maximum atomic E-state index is 9.21. The van der Waals surface area contributed by atoms with E-state index in [0.717, 1.165) is 18.3 Å². The highest BCUT2D eigenvalue weighted by Crippen LogP contribution is 2.31. The van der Waals surface area contributed by atoms with E-state index in [9.17, 15) is 5.26 Å². The quantitative estimate of drug-likeness (QED) is 0.275. The van der Waals surface area contributed by atoms with Gasteiger partial charge in [-0.25, -0.2) is 0 Å². The zero-order valence-electron chi connectivity index (χ0n) is 12.8. The van der Waals surface area contributed by atoms with Crippen LogP contribution in [0.3, 0.4) is 0 Å². The minimum atomic E-state index is 0.755. The molecule has 0 atom stereocenters. The van der Waals surface area contributed by atoms with Gasteiger partial charge >= 0.3 is 0 Å². The molecular formula is C20H12I3N. The Labute approximate surface area is 182 Å². The average molecular weight is 647 g/mol. The van der Waals surface area contributed by atoms with Crippen molar-refractivity contribution >= 4 is 67.8 Å². The first kappa shape index (κ1) is 18.1. The maximum Gasteiger partial charge on any atom is 0.101 e. The van der Waals surface area contributed by atoms with Crippen molar-refractivity contribution in [3.63, 3.8) is 0 Å². The van der Waals surface area contributed by atoms with Gasteiger partial charge in [-0.1, -0.05) is 42.0 Å². The third-order valence-electron chi connectivity index (χ3n) is 3.81. The Morgan fingerprint density at radius 3 is 1.83 bits per heavy atom. The van der Waals surface area contributed by atoms with Crippen LogP contribution in [0.1, 0.15) is 11.1 Å². The second-order valence-corrected chi connectivity index (χ2v) is 8.97. The monoisotopic (exact) mass is 647 g/mol. The van der Waals surface area contributed by atoms with Crippen LogP contribution < -0.4 is 0 Å². The number of nitriles is 1. The number of hydrogen-bond acceptors (Lipinski definition) is 1. The maximum absolute atomic E-state index is 9.21. The van der Waals surface area contributed by atoms with Gasteiger partial charge in [-0.15, -0.1) is 0 Å². The Morgan fingerprint density at radius 2 is 1.29 bits per heavy atom. The number of rotatable bonds is 2. The van der Waals surface area contributed by atoms with Crippen LogP contribution in [0.5, 0.6) is 0 Å². The third-order valence-corrected chi connectivity index (χ3v) is 6.40. The standard InChI is InChI=1S/C20H12I3N/c1-12-2-7-16(18(21)8-12)14-5-3-13(4-6-14)15-9-19(22)17(11-24)20(23)10-15/h2-10H,1H3. The van der Waals surface area contributed by atoms with E-state index in [0.29, 0.717) is 0 Å². The second kappa shape index (κ2) is 7.70. The molecule has 0 fully saturated rings. The summed E-state index contributed by atoms with van der Waals surface area (Å²) in [6, 6.07) is 21.6. The lowest BCUT2D eigenvalue weighted by Gasteiger charge is -2.09. The van der Waals surface area contributed by atoms with Crippen molar-refractivity contribution in [2.24, 2.45) is 0 Å². The summed E-state index contributed by atoms with van der Waals surface area (Å²) in [6.45, 7) is 2.11. The van der Waals surface area contributed by atoms with Crippen molar-refractivity contribution in [2.45, 2.75) is 6.92 Å². The lowest BCUT2D eigenvalue weighted by molar-refractivity contribution is 1.43. The van der Waals surface area contributed by atoms with Crippen LogP contribution in [0, 0.1) is 29.0 Å². The molecule has 118 valence electrons. The van der Waals surface area contributed by atoms with E-state index in [4.69, 9.17) is 0 Å². The van der Waals surface area contributed by atoms with E-state index in [2.05, 4.69) is 135 Å². The third kappa shape index (κ3) is 3.78. The van der Waals surface area contributed by atoms with E-state index in [1.165, 1.54) is 25.8 Å². The molecule has 0 spiro atoms. The molecule has 24 heavy (non-hydrogen) atoms. The van der Waals surface area contributed by atoms with Crippen LogP contribution >= 0.6 is 67.8 Å². The minimum Gasteiger partial charge on any atom is -0.192 e. The van der Waals surface area contributed by atoms with Crippen LogP contribution in [-0.2, 0) is 0 Å². The summed E-state index contributed by atoms with van der Waals surface area (Å²) in [4.78, 5) is 0. The molecular weight excluding hydrogens is 635 g/mol. The largest absolute Gasteiger partial charge is 0.192 e. The molecule has 1 nitrogen and oxygen atoms in total. The van der Waals surface area contributed by atoms with E-state index in [1.807, 2.05) is 0 Å². The molecule has 4 heteroatoms. The molecule has 0 aromatic heterocycles. The van der Waals surface area contributed by atoms with Crippen molar-refractivity contribution in [2.75, 3.05) is 0 Å². The zero-order valence-corrected chi connectivity index (χ0v) is 19.2. The first-order valence-corrected chi connectivity index (χ1v) is 10.5. The first-order chi connectivity index (χ1) is 11.5. The fourth-order valence-electron chi connectivity index (χ4n) is 2.54. The van der Waals surface area contributed by atoms with E-state index >= 15 is 0 Å². The summed E-state index contributed by atoms with van der Waals surface area (Å²) in [5.41, 5.74) is 6.83. The number of nitrogens with zero attached hydrogens (tertiary/aromatic N) is 1. The molecule has 0 radical (unpaired) electrons. The van der Waals surface area contributed by atoms with Gasteiger partial charge in [0.15, 0.2) is 0 Å². The zero-order chi connectivity index (χ0) is 17.3. The highest BCUT2D eigenvalue weighted by Gasteiger charge is 2.09. The number of aryl methyl sites for hydroxylation is 1. The lowest BCUT2D eigenvalue weighted by Crippen LogP contribution is -1.90. The van der Waals surface area contributed by atoms with E-state index in [1.54, 1.807) is 0 Å². The molecule has 0 unspecified atom stereocenters. The van der Waals surface area contributed by atoms with Crippen LogP contribution in [0.25, 0.3) is 22.3 Å². The predicted molar refractivity (Wildman–Crippen MR) is 125 cm³/mol. The van der Waals surface area contributed by atoms with Gasteiger partial charge in [-0.3, -0.25) is 0 Å². The SMILES string of the molecule is Cc1ccc(-c2ccc(-c3cc(I)c(C#N)c(I)c3)cc2)c(I)c1. The van der Waals surface area contributed by atoms with Crippen molar-refractivity contribution in [1.29, 1.82) is 5.26 Å². The van der Waals surface area contributed by atoms with Gasteiger partial charge in [0.2, 0.25) is 0 Å². The molecule has 3 rings (SSSR count). The molecule has 0 aliphatic rings. The molecule has 3 aromatic rings. The summed E-state index contributed by atoms with van der Waals surface area (Å²) < 4.78 is 3.26. The molecule has 0 aliphatic heterocycles. The Morgan fingerprint density at radius 1 is 0.708 bits per heavy atom. The molecule has 0 heterocycles. The molecule has 0 aliphatic carbocycles. The van der Waals surface area contributed by atoms with Crippen molar-refractivity contribution in [3.8, 4) is 28.3 Å². The number of benzene rings is 3. The van der Waals surface area contributed by atoms with E-state index < -0.39 is 0 Å². The van der Waals surface area contributed by atoms with Gasteiger partial charge in [-0.2, -0.15) is 5.26 Å². The van der Waals surface area contributed by atoms with E-state index in [-0.39, 0.29) is 0 Å². The lowest BCUT2D eigenvalue weighted by atomic mass is 9.99. The summed E-state index contributed by atoms with van der Waals surface area (Å²) in [5.74, 6) is 0. The van der Waals surface area contributed by atoms with Crippen LogP contribution in [0.4, 0.5) is 0 Å². The van der Waals surface area contributed by atoms with Crippen LogP contribution in [0.15, 0.2) is 54.6 Å². The van der Waals surface area contributed by atoms with Gasteiger partial charge in [0.1, 0.15) is 6.07 Å². The van der Waals surface area contributed by atoms with Crippen LogP contribution in [0.2, 0.25) is 0 Å². The smallest absolute Gasteiger partial charge is 0.101 e. The summed E-state index contributed by atoms with van der Waals surface area (Å²) in [6.07, 6.45) is 0. The summed E-state index contributed by atoms with van der Waals surface area (Å²) in [5, 5.41) is 9.21. The minimum absolute atomic E-state index is 0.755. The number of halogens is 3. The molecule has 0 bridgehead atoms. The molecule has 3 aromatic carbocycles. The normalized spacial score (nSPS) is 10.5. The fourth-order valence-corrected chi connectivity index (χ4v) is 5.53. The molecule has 0 saturated heterocycles. The van der Waals surface area contributed by atoms with Gasteiger partial charge in [0.25, 0.3) is 0 Å². The predicted octanol–water partition coefficient (Wildman–Crippen LogP) is 7.01. The van der Waals surface area contributed by atoms with Crippen molar-refractivity contribution < 1.29 is 0 Å². The highest BCUT2D eigenvalue weighted by molar-refractivity contribution is 14.1. The van der Waals surface area contributed by atoms with Gasteiger partial charge in [-0.05, 0) is 115 Å². The Kier molecular flexibility index (Phi) is 5.82. The summed E-state index contributed by atoms with van der Waals surface area (Å²) in [7, 11) is 0. The van der Waals surface area contributed by atoms with Crippen molar-refractivity contribution in [1.82, 2.24) is 0 Å². The van der Waals surface area contributed by atoms with Crippen molar-refractivity contribution in [3.05, 3.63) is 76.4 Å². The van der Waals surface area contributed by atoms with Gasteiger partial charge in [0.05, 0.1) is 5.56 Å². The Balaban J connectivity index is 2.00. The molecule has 0 amide bonds. The molecule has 0 saturated carbocycles. The fraction of sp³-hybridized carbons (Fsp3) is 0.0500. The Bertz CT molecular complexity index is 931. The van der Waals surface area contributed by atoms with Gasteiger partial charge in [0, 0.05) is 10.7 Å². The number of hydrogen-bond donors (Lipinski definition) is 0. The summed E-state index contributed by atoms with van der Waals surface area (Å²) >= 11 is 6.86. The topological polar surface area (TPSA) is 23.8 Å². The molecule has 0 N–H and O–H groups in total. The second-order valence-electron chi connectivity index (χ2n) is 5.49. The first-order valence-electron chi connectivity index (χ1n) is 7.25. The average Bonchev–Trinajstić information content (AvgIpc) is 2.55. The highest BCUT2D eigenvalue weighted by atomic mass is 127. The Hall–Kier alpha value is -0.660. The van der Waals surface area contributed by atoms with Crippen LogP contribution in [-0.4, -0.2) is 0 Å². The van der Waals surface area contributed by atoms with Gasteiger partial charge < -0.3 is 0 Å².